The van der Waals surface area contributed by atoms with Gasteiger partial charge in [0.15, 0.2) is 11.6 Å². The Hall–Kier alpha value is -2.04. The van der Waals surface area contributed by atoms with E-state index in [4.69, 9.17) is 0 Å². The largest absolute Gasteiger partial charge is 0.326 e. The van der Waals surface area contributed by atoms with Crippen LogP contribution in [-0.4, -0.2) is 9.97 Å². The van der Waals surface area contributed by atoms with Gasteiger partial charge in [-0.05, 0) is 18.2 Å². The highest BCUT2D eigenvalue weighted by Gasteiger charge is 2.04. The lowest BCUT2D eigenvalue weighted by molar-refractivity contribution is 0.509. The van der Waals surface area contributed by atoms with Crippen molar-refractivity contribution in [2.75, 3.05) is 0 Å². The maximum Gasteiger partial charge on any atom is 0.266 e. The molecular weight excluding hydrogens is 202 g/mol. The van der Waals surface area contributed by atoms with Crippen LogP contribution in [0.1, 0.15) is 0 Å². The van der Waals surface area contributed by atoms with Crippen molar-refractivity contribution in [1.82, 2.24) is 9.97 Å². The summed E-state index contributed by atoms with van der Waals surface area (Å²) in [5, 5.41) is 0. The van der Waals surface area contributed by atoms with Crippen LogP contribution in [0.3, 0.4) is 0 Å². The normalized spacial score (nSPS) is 10.3. The predicted molar refractivity (Wildman–Crippen MR) is 50.2 cm³/mol. The maximum atomic E-state index is 12.9. The first-order valence-corrected chi connectivity index (χ1v) is 4.17. The molecule has 2 aromatic rings. The second-order valence-corrected chi connectivity index (χ2v) is 2.93. The number of H-pyrrole nitrogens is 1. The lowest BCUT2D eigenvalue weighted by Gasteiger charge is -2.00. The minimum atomic E-state index is -0.944. The van der Waals surface area contributed by atoms with Crippen molar-refractivity contribution >= 4 is 0 Å². The van der Waals surface area contributed by atoms with Crippen LogP contribution >= 0.6 is 0 Å². The summed E-state index contributed by atoms with van der Waals surface area (Å²) < 4.78 is 25.5. The molecule has 0 aliphatic rings. The molecule has 5 heteroatoms. The Labute approximate surface area is 83.4 Å². The van der Waals surface area contributed by atoms with Gasteiger partial charge >= 0.3 is 0 Å². The molecule has 1 N–H and O–H groups in total. The zero-order valence-corrected chi connectivity index (χ0v) is 7.50. The Morgan fingerprint density at radius 1 is 1.20 bits per heavy atom. The molecule has 0 amide bonds. The van der Waals surface area contributed by atoms with Gasteiger partial charge in [0, 0.05) is 11.8 Å². The third-order valence-corrected chi connectivity index (χ3v) is 1.89. The second kappa shape index (κ2) is 3.61. The molecule has 15 heavy (non-hydrogen) atoms. The van der Waals surface area contributed by atoms with Crippen LogP contribution in [0.2, 0.25) is 0 Å². The fraction of sp³-hybridized carbons (Fsp3) is 0. The van der Waals surface area contributed by atoms with Gasteiger partial charge in [0.1, 0.15) is 0 Å². The fourth-order valence-corrected chi connectivity index (χ4v) is 1.16. The van der Waals surface area contributed by atoms with E-state index < -0.39 is 11.6 Å². The minimum Gasteiger partial charge on any atom is -0.326 e. The van der Waals surface area contributed by atoms with Gasteiger partial charge in [-0.1, -0.05) is 0 Å². The molecular formula is C10H6F2N2O. The Morgan fingerprint density at radius 2 is 2.00 bits per heavy atom. The summed E-state index contributed by atoms with van der Waals surface area (Å²) in [5.74, 6) is -1.86. The molecule has 0 fully saturated rings. The molecule has 1 heterocycles. The molecule has 2 rings (SSSR count). The molecule has 0 saturated carbocycles. The first-order valence-electron chi connectivity index (χ1n) is 4.17. The van der Waals surface area contributed by atoms with Gasteiger partial charge in [-0.15, -0.1) is 0 Å². The Balaban J connectivity index is 2.50. The summed E-state index contributed by atoms with van der Waals surface area (Å²) in [6, 6.07) is 3.42. The molecule has 76 valence electrons. The number of hydrogen-bond acceptors (Lipinski definition) is 2. The maximum absolute atomic E-state index is 12.9. The Bertz CT molecular complexity index is 531. The van der Waals surface area contributed by atoms with E-state index in [1.54, 1.807) is 0 Å². The molecule has 0 bridgehead atoms. The van der Waals surface area contributed by atoms with Gasteiger partial charge in [-0.2, -0.15) is 0 Å². The molecule has 0 radical (unpaired) electrons. The molecule has 3 nitrogen and oxygen atoms in total. The van der Waals surface area contributed by atoms with E-state index in [1.807, 2.05) is 0 Å². The molecule has 0 atom stereocenters. The molecule has 0 spiro atoms. The average Bonchev–Trinajstić information content (AvgIpc) is 2.23. The Kier molecular flexibility index (Phi) is 2.29. The van der Waals surface area contributed by atoms with E-state index in [0.717, 1.165) is 18.3 Å². The number of nitrogens with zero attached hydrogens (tertiary/aromatic N) is 1. The SMILES string of the molecule is O=c1cnc(-c2ccc(F)c(F)c2)c[nH]1. The van der Waals surface area contributed by atoms with Crippen molar-refractivity contribution in [1.29, 1.82) is 0 Å². The van der Waals surface area contributed by atoms with E-state index in [1.165, 1.54) is 12.3 Å². The van der Waals surface area contributed by atoms with E-state index in [-0.39, 0.29) is 5.56 Å². The van der Waals surface area contributed by atoms with Gasteiger partial charge in [0.25, 0.3) is 5.56 Å². The summed E-state index contributed by atoms with van der Waals surface area (Å²) >= 11 is 0. The molecule has 0 aliphatic heterocycles. The minimum absolute atomic E-state index is 0.346. The predicted octanol–water partition coefficient (Wildman–Crippen LogP) is 1.72. The second-order valence-electron chi connectivity index (χ2n) is 2.93. The van der Waals surface area contributed by atoms with Crippen LogP contribution in [-0.2, 0) is 0 Å². The first-order chi connectivity index (χ1) is 7.16. The topological polar surface area (TPSA) is 45.8 Å². The third kappa shape index (κ3) is 1.90. The molecule has 0 saturated heterocycles. The van der Waals surface area contributed by atoms with E-state index in [2.05, 4.69) is 9.97 Å². The van der Waals surface area contributed by atoms with Crippen LogP contribution in [0.15, 0.2) is 35.4 Å². The molecule has 0 unspecified atom stereocenters. The number of benzene rings is 1. The van der Waals surface area contributed by atoms with Crippen molar-refractivity contribution in [2.24, 2.45) is 0 Å². The number of halogens is 2. The quantitative estimate of drug-likeness (QED) is 0.775. The van der Waals surface area contributed by atoms with Crippen LogP contribution in [0.4, 0.5) is 8.78 Å². The first kappa shape index (κ1) is 9.51. The lowest BCUT2D eigenvalue weighted by Crippen LogP contribution is -2.04. The zero-order valence-electron chi connectivity index (χ0n) is 7.50. The number of aromatic amines is 1. The van der Waals surface area contributed by atoms with Crippen molar-refractivity contribution < 1.29 is 8.78 Å². The van der Waals surface area contributed by atoms with Crippen molar-refractivity contribution in [3.05, 3.63) is 52.6 Å². The number of aromatic nitrogens is 2. The van der Waals surface area contributed by atoms with E-state index in [0.29, 0.717) is 11.3 Å². The van der Waals surface area contributed by atoms with Crippen LogP contribution in [0, 0.1) is 11.6 Å². The zero-order chi connectivity index (χ0) is 10.8. The molecule has 1 aromatic carbocycles. The average molecular weight is 208 g/mol. The van der Waals surface area contributed by atoms with Crippen molar-refractivity contribution in [3.63, 3.8) is 0 Å². The summed E-state index contributed by atoms with van der Waals surface area (Å²) in [4.78, 5) is 16.9. The Morgan fingerprint density at radius 3 is 2.60 bits per heavy atom. The van der Waals surface area contributed by atoms with Crippen LogP contribution in [0.25, 0.3) is 11.3 Å². The number of nitrogens with one attached hydrogen (secondary N) is 1. The van der Waals surface area contributed by atoms with Crippen LogP contribution in [0.5, 0.6) is 0 Å². The number of hydrogen-bond donors (Lipinski definition) is 1. The van der Waals surface area contributed by atoms with Gasteiger partial charge in [-0.3, -0.25) is 4.79 Å². The summed E-state index contributed by atoms with van der Waals surface area (Å²) in [6.07, 6.45) is 2.42. The van der Waals surface area contributed by atoms with Crippen LogP contribution < -0.4 is 5.56 Å². The van der Waals surface area contributed by atoms with Crippen molar-refractivity contribution in [3.8, 4) is 11.3 Å². The van der Waals surface area contributed by atoms with Gasteiger partial charge in [0.2, 0.25) is 0 Å². The van der Waals surface area contributed by atoms with Crippen molar-refractivity contribution in [2.45, 2.75) is 0 Å². The highest BCUT2D eigenvalue weighted by atomic mass is 19.2. The van der Waals surface area contributed by atoms with Gasteiger partial charge in [0.05, 0.1) is 11.9 Å². The third-order valence-electron chi connectivity index (χ3n) is 1.89. The summed E-state index contributed by atoms with van der Waals surface area (Å²) in [7, 11) is 0. The highest BCUT2D eigenvalue weighted by Crippen LogP contribution is 2.17. The molecule has 1 aromatic heterocycles. The summed E-state index contributed by atoms with van der Waals surface area (Å²) in [5.41, 5.74) is 0.444. The fourth-order valence-electron chi connectivity index (χ4n) is 1.16. The highest BCUT2D eigenvalue weighted by molar-refractivity contribution is 5.57. The lowest BCUT2D eigenvalue weighted by atomic mass is 10.1. The monoisotopic (exact) mass is 208 g/mol. The standard InChI is InChI=1S/C10H6F2N2O/c11-7-2-1-6(3-8(7)12)9-4-14-10(15)5-13-9/h1-5H,(H,14,15). The van der Waals surface area contributed by atoms with E-state index >= 15 is 0 Å². The van der Waals surface area contributed by atoms with Gasteiger partial charge < -0.3 is 4.98 Å². The smallest absolute Gasteiger partial charge is 0.266 e. The number of rotatable bonds is 1. The molecule has 0 aliphatic carbocycles. The summed E-state index contributed by atoms with van der Waals surface area (Å²) in [6.45, 7) is 0. The van der Waals surface area contributed by atoms with Gasteiger partial charge in [-0.25, -0.2) is 13.8 Å². The van der Waals surface area contributed by atoms with E-state index in [9.17, 15) is 13.6 Å².